The Morgan fingerprint density at radius 1 is 0.611 bits per heavy atom. The molecule has 182 valence electrons. The summed E-state index contributed by atoms with van der Waals surface area (Å²) in [6, 6.07) is 24.1. The first-order valence-corrected chi connectivity index (χ1v) is 12.8. The number of carbonyl (C=O) groups excluding carboxylic acids is 2. The van der Waals surface area contributed by atoms with Gasteiger partial charge in [0.05, 0.1) is 12.1 Å². The molecule has 2 heterocycles. The van der Waals surface area contributed by atoms with Crippen LogP contribution in [0.3, 0.4) is 0 Å². The molecule has 2 saturated heterocycles. The minimum atomic E-state index is -0.190. The van der Waals surface area contributed by atoms with E-state index >= 15 is 0 Å². The topological polar surface area (TPSA) is 82.3 Å². The van der Waals surface area contributed by atoms with Crippen LogP contribution in [0.2, 0.25) is 0 Å². The molecule has 2 atom stereocenters. The lowest BCUT2D eigenvalue weighted by atomic mass is 9.90. The maximum atomic E-state index is 13.2. The van der Waals surface area contributed by atoms with Crippen LogP contribution in [0.25, 0.3) is 32.7 Å². The first kappa shape index (κ1) is 22.7. The predicted molar refractivity (Wildman–Crippen MR) is 146 cm³/mol. The van der Waals surface area contributed by atoms with Gasteiger partial charge in [-0.15, -0.1) is 0 Å². The van der Waals surface area contributed by atoms with Crippen LogP contribution in [0.15, 0.2) is 72.8 Å². The van der Waals surface area contributed by atoms with Crippen molar-refractivity contribution < 1.29 is 9.59 Å². The van der Waals surface area contributed by atoms with Gasteiger partial charge in [0.25, 0.3) is 0 Å². The van der Waals surface area contributed by atoms with Crippen molar-refractivity contribution in [3.8, 4) is 11.1 Å². The van der Waals surface area contributed by atoms with Crippen molar-refractivity contribution in [2.45, 2.75) is 37.8 Å². The quantitative estimate of drug-likeness (QED) is 0.324. The zero-order valence-electron chi connectivity index (χ0n) is 20.1. The number of hydrogen-bond donors (Lipinski definition) is 4. The largest absolute Gasteiger partial charge is 0.324 e. The highest BCUT2D eigenvalue weighted by atomic mass is 16.2. The smallest absolute Gasteiger partial charge is 0.241 e. The van der Waals surface area contributed by atoms with Crippen LogP contribution in [0.4, 0.5) is 11.4 Å². The van der Waals surface area contributed by atoms with Crippen molar-refractivity contribution in [2.24, 2.45) is 0 Å². The molecule has 4 aromatic carbocycles. The van der Waals surface area contributed by atoms with Gasteiger partial charge in [0.2, 0.25) is 11.8 Å². The minimum Gasteiger partial charge on any atom is -0.324 e. The second-order valence-corrected chi connectivity index (χ2v) is 9.69. The van der Waals surface area contributed by atoms with Crippen LogP contribution in [0, 0.1) is 0 Å². The van der Waals surface area contributed by atoms with Crippen molar-refractivity contribution >= 4 is 44.7 Å². The van der Waals surface area contributed by atoms with Crippen LogP contribution >= 0.6 is 0 Å². The lowest BCUT2D eigenvalue weighted by Crippen LogP contribution is -2.36. The second-order valence-electron chi connectivity index (χ2n) is 9.69. The van der Waals surface area contributed by atoms with Crippen molar-refractivity contribution in [1.29, 1.82) is 0 Å². The Morgan fingerprint density at radius 2 is 1.06 bits per heavy atom. The van der Waals surface area contributed by atoms with Gasteiger partial charge < -0.3 is 21.3 Å². The Kier molecular flexibility index (Phi) is 6.13. The molecule has 6 rings (SSSR count). The van der Waals surface area contributed by atoms with E-state index in [-0.39, 0.29) is 23.9 Å². The van der Waals surface area contributed by atoms with Gasteiger partial charge in [0.15, 0.2) is 0 Å². The van der Waals surface area contributed by atoms with E-state index in [1.54, 1.807) is 0 Å². The maximum Gasteiger partial charge on any atom is 0.241 e. The first-order chi connectivity index (χ1) is 17.7. The summed E-state index contributed by atoms with van der Waals surface area (Å²) in [6.07, 6.45) is 3.66. The van der Waals surface area contributed by atoms with E-state index in [1.807, 2.05) is 48.5 Å². The number of carbonyl (C=O) groups is 2. The highest BCUT2D eigenvalue weighted by Crippen LogP contribution is 2.43. The number of hydrogen-bond acceptors (Lipinski definition) is 4. The molecule has 2 aliphatic heterocycles. The van der Waals surface area contributed by atoms with Crippen LogP contribution in [0.5, 0.6) is 0 Å². The van der Waals surface area contributed by atoms with E-state index in [1.165, 1.54) is 0 Å². The number of fused-ring (bicyclic) bond motifs is 2. The van der Waals surface area contributed by atoms with Gasteiger partial charge in [-0.3, -0.25) is 9.59 Å². The van der Waals surface area contributed by atoms with Crippen molar-refractivity contribution in [1.82, 2.24) is 10.6 Å². The molecule has 6 heteroatoms. The molecule has 2 unspecified atom stereocenters. The number of rotatable bonds is 5. The lowest BCUT2D eigenvalue weighted by Gasteiger charge is -2.21. The number of amides is 2. The van der Waals surface area contributed by atoms with Crippen molar-refractivity contribution in [2.75, 3.05) is 23.7 Å². The van der Waals surface area contributed by atoms with E-state index in [9.17, 15) is 9.59 Å². The number of benzene rings is 4. The highest BCUT2D eigenvalue weighted by molar-refractivity contribution is 6.17. The standard InChI is InChI=1S/C30H30N4O2/c35-29(25-11-5-17-31-25)33-23-15-13-19-7-1-3-9-21(19)27(23)28-22-10-4-2-8-20(22)14-16-24(28)34-30(36)26-12-6-18-32-26/h1-4,7-10,13-16,25-26,31-32H,5-6,11-12,17-18H2,(H,33,35)(H,34,36). The Balaban J connectivity index is 1.55. The molecule has 4 N–H and O–H groups in total. The first-order valence-electron chi connectivity index (χ1n) is 12.8. The SMILES string of the molecule is O=C(Nc1ccc2ccccc2c1-c1c(NC(=O)C2CCCN2)ccc2ccccc12)C1CCCN1. The summed E-state index contributed by atoms with van der Waals surface area (Å²) in [5.74, 6) is -0.0463. The summed E-state index contributed by atoms with van der Waals surface area (Å²) in [7, 11) is 0. The average molecular weight is 479 g/mol. The summed E-state index contributed by atoms with van der Waals surface area (Å²) in [6.45, 7) is 1.72. The molecule has 2 fully saturated rings. The molecular weight excluding hydrogens is 448 g/mol. The van der Waals surface area contributed by atoms with Gasteiger partial charge in [0, 0.05) is 22.5 Å². The van der Waals surface area contributed by atoms with Crippen LogP contribution in [-0.2, 0) is 9.59 Å². The van der Waals surface area contributed by atoms with Crippen LogP contribution in [-0.4, -0.2) is 37.0 Å². The van der Waals surface area contributed by atoms with Gasteiger partial charge in [-0.05, 0) is 72.5 Å². The molecule has 4 aromatic rings. The van der Waals surface area contributed by atoms with E-state index in [0.29, 0.717) is 0 Å². The fourth-order valence-corrected chi connectivity index (χ4v) is 5.55. The van der Waals surface area contributed by atoms with E-state index in [0.717, 1.165) is 82.8 Å². The Morgan fingerprint density at radius 3 is 1.47 bits per heavy atom. The fourth-order valence-electron chi connectivity index (χ4n) is 5.55. The molecule has 0 aromatic heterocycles. The molecule has 0 aliphatic carbocycles. The molecule has 6 nitrogen and oxygen atoms in total. The molecule has 36 heavy (non-hydrogen) atoms. The van der Waals surface area contributed by atoms with Gasteiger partial charge in [-0.2, -0.15) is 0 Å². The lowest BCUT2D eigenvalue weighted by molar-refractivity contribution is -0.118. The summed E-state index contributed by atoms with van der Waals surface area (Å²) in [5, 5.41) is 17.2. The monoisotopic (exact) mass is 478 g/mol. The molecule has 2 amide bonds. The summed E-state index contributed by atoms with van der Waals surface area (Å²) in [5.41, 5.74) is 3.34. The van der Waals surface area contributed by atoms with E-state index < -0.39 is 0 Å². The number of anilines is 2. The van der Waals surface area contributed by atoms with Crippen LogP contribution in [0.1, 0.15) is 25.7 Å². The molecule has 0 saturated carbocycles. The van der Waals surface area contributed by atoms with Gasteiger partial charge in [-0.25, -0.2) is 0 Å². The van der Waals surface area contributed by atoms with E-state index in [2.05, 4.69) is 45.5 Å². The Labute approximate surface area is 210 Å². The summed E-state index contributed by atoms with van der Waals surface area (Å²) < 4.78 is 0. The minimum absolute atomic E-state index is 0.0231. The second kappa shape index (κ2) is 9.72. The average Bonchev–Trinajstić information content (AvgIpc) is 3.64. The molecular formula is C30H30N4O2. The maximum absolute atomic E-state index is 13.2. The van der Waals surface area contributed by atoms with E-state index in [4.69, 9.17) is 0 Å². The molecule has 0 bridgehead atoms. The highest BCUT2D eigenvalue weighted by Gasteiger charge is 2.26. The normalized spacial score (nSPS) is 19.6. The van der Waals surface area contributed by atoms with Crippen molar-refractivity contribution in [3.63, 3.8) is 0 Å². The fraction of sp³-hybridized carbons (Fsp3) is 0.267. The third kappa shape index (κ3) is 4.23. The zero-order valence-corrected chi connectivity index (χ0v) is 20.1. The predicted octanol–water partition coefficient (Wildman–Crippen LogP) is 5.04. The zero-order chi connectivity index (χ0) is 24.5. The number of nitrogens with one attached hydrogen (secondary N) is 4. The molecule has 2 aliphatic rings. The van der Waals surface area contributed by atoms with Crippen molar-refractivity contribution in [3.05, 3.63) is 72.8 Å². The third-order valence-electron chi connectivity index (χ3n) is 7.38. The summed E-state index contributed by atoms with van der Waals surface area (Å²) in [4.78, 5) is 26.4. The molecule has 0 spiro atoms. The summed E-state index contributed by atoms with van der Waals surface area (Å²) >= 11 is 0. The van der Waals surface area contributed by atoms with Gasteiger partial charge >= 0.3 is 0 Å². The van der Waals surface area contributed by atoms with Gasteiger partial charge in [-0.1, -0.05) is 60.7 Å². The van der Waals surface area contributed by atoms with Gasteiger partial charge in [0.1, 0.15) is 0 Å². The third-order valence-corrected chi connectivity index (χ3v) is 7.38. The van der Waals surface area contributed by atoms with Crippen LogP contribution < -0.4 is 21.3 Å². The Hall–Kier alpha value is -3.74. The Bertz CT molecular complexity index is 1340. The molecule has 0 radical (unpaired) electrons.